The molecule has 1 fully saturated rings. The molecule has 1 aromatic heterocycles. The van der Waals surface area contributed by atoms with E-state index < -0.39 is 0 Å². The van der Waals surface area contributed by atoms with Crippen molar-refractivity contribution >= 4 is 0 Å². The molecule has 0 bridgehead atoms. The van der Waals surface area contributed by atoms with Gasteiger partial charge in [-0.15, -0.1) is 0 Å². The number of fused-ring (bicyclic) bond motifs is 2. The lowest BCUT2D eigenvalue weighted by atomic mass is 9.85. The molecule has 64 valence electrons. The summed E-state index contributed by atoms with van der Waals surface area (Å²) in [7, 11) is 0. The molecule has 1 N–H and O–H groups in total. The molecule has 0 atom stereocenters. The van der Waals surface area contributed by atoms with E-state index in [1.54, 1.807) is 6.26 Å². The summed E-state index contributed by atoms with van der Waals surface area (Å²) in [6, 6.07) is 2.06. The van der Waals surface area contributed by atoms with Crippen LogP contribution in [0.25, 0.3) is 0 Å². The van der Waals surface area contributed by atoms with Gasteiger partial charge in [-0.1, -0.05) is 0 Å². The Kier molecular flexibility index (Phi) is 1.18. The molecular weight excluding hydrogens is 154 g/mol. The van der Waals surface area contributed by atoms with E-state index in [1.165, 1.54) is 5.56 Å². The number of hydrogen-bond donors (Lipinski definition) is 1. The SMILES string of the molecule is c1cc2c(o1)CCNC21COC1. The molecule has 12 heavy (non-hydrogen) atoms. The molecular formula is C9H11NO2. The predicted molar refractivity (Wildman–Crippen MR) is 42.9 cm³/mol. The molecule has 0 aromatic carbocycles. The zero-order valence-corrected chi connectivity index (χ0v) is 6.80. The van der Waals surface area contributed by atoms with E-state index in [0.717, 1.165) is 31.9 Å². The Morgan fingerprint density at radius 2 is 2.33 bits per heavy atom. The summed E-state index contributed by atoms with van der Waals surface area (Å²) in [5.74, 6) is 1.14. The van der Waals surface area contributed by atoms with Crippen LogP contribution in [0.1, 0.15) is 11.3 Å². The first kappa shape index (κ1) is 6.69. The van der Waals surface area contributed by atoms with Gasteiger partial charge in [0, 0.05) is 18.5 Å². The number of nitrogens with one attached hydrogen (secondary N) is 1. The van der Waals surface area contributed by atoms with Crippen molar-refractivity contribution in [3.05, 3.63) is 23.7 Å². The minimum absolute atomic E-state index is 0.0978. The summed E-state index contributed by atoms with van der Waals surface area (Å²) in [6.45, 7) is 2.59. The van der Waals surface area contributed by atoms with Crippen LogP contribution in [0.5, 0.6) is 0 Å². The molecule has 0 amide bonds. The lowest BCUT2D eigenvalue weighted by molar-refractivity contribution is -0.0822. The largest absolute Gasteiger partial charge is 0.469 e. The molecule has 2 aliphatic heterocycles. The quantitative estimate of drug-likeness (QED) is 0.613. The maximum atomic E-state index is 5.39. The highest BCUT2D eigenvalue weighted by molar-refractivity contribution is 5.32. The smallest absolute Gasteiger partial charge is 0.110 e. The highest BCUT2D eigenvalue weighted by atomic mass is 16.5. The molecule has 1 aromatic rings. The van der Waals surface area contributed by atoms with Gasteiger partial charge in [0.25, 0.3) is 0 Å². The third-order valence-corrected chi connectivity index (χ3v) is 2.77. The number of ether oxygens (including phenoxy) is 1. The van der Waals surface area contributed by atoms with Crippen molar-refractivity contribution < 1.29 is 9.15 Å². The Morgan fingerprint density at radius 1 is 1.42 bits per heavy atom. The predicted octanol–water partition coefficient (Wildman–Crippen LogP) is 0.651. The second-order valence-electron chi connectivity index (χ2n) is 3.51. The van der Waals surface area contributed by atoms with Crippen LogP contribution in [-0.2, 0) is 16.7 Å². The van der Waals surface area contributed by atoms with Crippen LogP contribution in [-0.4, -0.2) is 19.8 Å². The first-order chi connectivity index (χ1) is 5.91. The minimum atomic E-state index is 0.0978. The summed E-state index contributed by atoms with van der Waals surface area (Å²) in [6.07, 6.45) is 2.78. The standard InChI is InChI=1S/C9H11NO2/c1-3-10-9(5-11-6-9)7-2-4-12-8(1)7/h2,4,10H,1,3,5-6H2. The molecule has 1 saturated heterocycles. The summed E-state index contributed by atoms with van der Waals surface area (Å²) in [5, 5.41) is 3.49. The van der Waals surface area contributed by atoms with Gasteiger partial charge in [0.05, 0.1) is 25.0 Å². The van der Waals surface area contributed by atoms with Crippen LogP contribution >= 0.6 is 0 Å². The minimum Gasteiger partial charge on any atom is -0.469 e. The molecule has 3 rings (SSSR count). The Hall–Kier alpha value is -0.800. The van der Waals surface area contributed by atoms with Crippen molar-refractivity contribution in [3.63, 3.8) is 0 Å². The maximum Gasteiger partial charge on any atom is 0.110 e. The first-order valence-electron chi connectivity index (χ1n) is 4.30. The van der Waals surface area contributed by atoms with E-state index in [-0.39, 0.29) is 5.54 Å². The fourth-order valence-electron chi connectivity index (χ4n) is 2.03. The first-order valence-corrected chi connectivity index (χ1v) is 4.30. The zero-order valence-electron chi connectivity index (χ0n) is 6.80. The van der Waals surface area contributed by atoms with E-state index in [4.69, 9.17) is 9.15 Å². The van der Waals surface area contributed by atoms with Crippen LogP contribution in [0.15, 0.2) is 16.7 Å². The van der Waals surface area contributed by atoms with Crippen LogP contribution < -0.4 is 5.32 Å². The topological polar surface area (TPSA) is 34.4 Å². The van der Waals surface area contributed by atoms with Crippen LogP contribution in [0.2, 0.25) is 0 Å². The molecule has 0 saturated carbocycles. The second kappa shape index (κ2) is 2.12. The van der Waals surface area contributed by atoms with E-state index >= 15 is 0 Å². The van der Waals surface area contributed by atoms with Gasteiger partial charge in [-0.05, 0) is 6.07 Å². The Bertz CT molecular complexity index is 301. The average Bonchev–Trinajstić information content (AvgIpc) is 2.47. The van der Waals surface area contributed by atoms with Crippen LogP contribution in [0, 0.1) is 0 Å². The fourth-order valence-corrected chi connectivity index (χ4v) is 2.03. The van der Waals surface area contributed by atoms with Gasteiger partial charge in [0.2, 0.25) is 0 Å². The van der Waals surface area contributed by atoms with Crippen LogP contribution in [0.3, 0.4) is 0 Å². The summed E-state index contributed by atoms with van der Waals surface area (Å²) < 4.78 is 10.6. The highest BCUT2D eigenvalue weighted by Gasteiger charge is 2.44. The molecule has 3 heterocycles. The molecule has 0 aliphatic carbocycles. The van der Waals surface area contributed by atoms with E-state index in [1.807, 2.05) is 0 Å². The van der Waals surface area contributed by atoms with Gasteiger partial charge >= 0.3 is 0 Å². The van der Waals surface area contributed by atoms with Crippen molar-refractivity contribution in [2.45, 2.75) is 12.0 Å². The lowest BCUT2D eigenvalue weighted by Gasteiger charge is -2.44. The van der Waals surface area contributed by atoms with E-state index in [0.29, 0.717) is 0 Å². The summed E-state index contributed by atoms with van der Waals surface area (Å²) in [5.41, 5.74) is 1.40. The van der Waals surface area contributed by atoms with Gasteiger partial charge < -0.3 is 14.5 Å². The summed E-state index contributed by atoms with van der Waals surface area (Å²) in [4.78, 5) is 0. The maximum absolute atomic E-state index is 5.39. The van der Waals surface area contributed by atoms with Crippen molar-refractivity contribution in [1.29, 1.82) is 0 Å². The molecule has 0 radical (unpaired) electrons. The van der Waals surface area contributed by atoms with Crippen molar-refractivity contribution in [2.75, 3.05) is 19.8 Å². The van der Waals surface area contributed by atoms with Gasteiger partial charge in [-0.25, -0.2) is 0 Å². The summed E-state index contributed by atoms with van der Waals surface area (Å²) >= 11 is 0. The van der Waals surface area contributed by atoms with Crippen molar-refractivity contribution in [1.82, 2.24) is 5.32 Å². The average molecular weight is 165 g/mol. The van der Waals surface area contributed by atoms with Crippen LogP contribution in [0.4, 0.5) is 0 Å². The van der Waals surface area contributed by atoms with E-state index in [9.17, 15) is 0 Å². The van der Waals surface area contributed by atoms with Gasteiger partial charge in [-0.3, -0.25) is 0 Å². The number of rotatable bonds is 0. The van der Waals surface area contributed by atoms with Crippen molar-refractivity contribution in [2.24, 2.45) is 0 Å². The highest BCUT2D eigenvalue weighted by Crippen LogP contribution is 2.35. The normalized spacial score (nSPS) is 25.0. The van der Waals surface area contributed by atoms with E-state index in [2.05, 4.69) is 11.4 Å². The van der Waals surface area contributed by atoms with Crippen molar-refractivity contribution in [3.8, 4) is 0 Å². The monoisotopic (exact) mass is 165 g/mol. The Morgan fingerprint density at radius 3 is 3.08 bits per heavy atom. The zero-order chi connectivity index (χ0) is 8.02. The molecule has 2 aliphatic rings. The third kappa shape index (κ3) is 0.678. The van der Waals surface area contributed by atoms with Gasteiger partial charge in [0.15, 0.2) is 0 Å². The number of hydrogen-bond acceptors (Lipinski definition) is 3. The third-order valence-electron chi connectivity index (χ3n) is 2.77. The lowest BCUT2D eigenvalue weighted by Crippen LogP contribution is -2.60. The number of furan rings is 1. The Labute approximate surface area is 70.7 Å². The fraction of sp³-hybridized carbons (Fsp3) is 0.556. The van der Waals surface area contributed by atoms with Gasteiger partial charge in [-0.2, -0.15) is 0 Å². The molecule has 1 spiro atoms. The second-order valence-corrected chi connectivity index (χ2v) is 3.51. The Balaban J connectivity index is 2.09. The van der Waals surface area contributed by atoms with Gasteiger partial charge in [0.1, 0.15) is 5.76 Å². The molecule has 3 heteroatoms. The molecule has 0 unspecified atom stereocenters. The molecule has 3 nitrogen and oxygen atoms in total.